The van der Waals surface area contributed by atoms with Gasteiger partial charge in [0.15, 0.2) is 5.16 Å². The van der Waals surface area contributed by atoms with Gasteiger partial charge in [0.05, 0.1) is 22.0 Å². The Kier molecular flexibility index (Phi) is 5.28. The van der Waals surface area contributed by atoms with Gasteiger partial charge in [-0.2, -0.15) is 0 Å². The van der Waals surface area contributed by atoms with Gasteiger partial charge in [0.2, 0.25) is 10.9 Å². The molecule has 1 atom stereocenters. The zero-order valence-corrected chi connectivity index (χ0v) is 18.6. The number of thiophene rings is 1. The molecule has 1 N–H and O–H groups in total. The number of benzene rings is 2. The summed E-state index contributed by atoms with van der Waals surface area (Å²) < 4.78 is 3.18. The van der Waals surface area contributed by atoms with Gasteiger partial charge in [-0.05, 0) is 36.1 Å². The highest BCUT2D eigenvalue weighted by Gasteiger charge is 2.19. The van der Waals surface area contributed by atoms with E-state index in [2.05, 4.69) is 64.9 Å². The van der Waals surface area contributed by atoms with Crippen molar-refractivity contribution in [3.05, 3.63) is 82.0 Å². The number of rotatable bonds is 6. The van der Waals surface area contributed by atoms with E-state index in [1.807, 2.05) is 28.0 Å². The highest BCUT2D eigenvalue weighted by atomic mass is 32.2. The predicted molar refractivity (Wildman–Crippen MR) is 125 cm³/mol. The minimum Gasteiger partial charge on any atom is -0.344 e. The molecule has 3 aromatic heterocycles. The maximum absolute atomic E-state index is 12.8. The quantitative estimate of drug-likeness (QED) is 0.356. The Hall–Kier alpha value is -2.68. The smallest absolute Gasteiger partial charge is 0.231 e. The molecule has 5 rings (SSSR count). The first-order valence-electron chi connectivity index (χ1n) is 9.44. The Balaban J connectivity index is 1.34. The van der Waals surface area contributed by atoms with Gasteiger partial charge in [0.1, 0.15) is 0 Å². The lowest BCUT2D eigenvalue weighted by molar-refractivity contribution is -0.119. The van der Waals surface area contributed by atoms with E-state index in [9.17, 15) is 4.79 Å². The molecule has 0 radical (unpaired) electrons. The summed E-state index contributed by atoms with van der Waals surface area (Å²) in [5.41, 5.74) is 3.35. The van der Waals surface area contributed by atoms with Gasteiger partial charge in [-0.25, -0.2) is 0 Å². The molecule has 2 aromatic carbocycles. The number of nitrogens with one attached hydrogen (secondary N) is 1. The topological polar surface area (TPSA) is 59.3 Å². The number of amides is 1. The molecule has 0 spiro atoms. The molecule has 8 heteroatoms. The van der Waals surface area contributed by atoms with Crippen molar-refractivity contribution in [1.29, 1.82) is 0 Å². The van der Waals surface area contributed by atoms with Crippen LogP contribution in [0.3, 0.4) is 0 Å². The van der Waals surface area contributed by atoms with Crippen molar-refractivity contribution in [2.24, 2.45) is 0 Å². The van der Waals surface area contributed by atoms with Gasteiger partial charge in [-0.15, -0.1) is 21.5 Å². The summed E-state index contributed by atoms with van der Waals surface area (Å²) in [6.07, 6.45) is 0. The first kappa shape index (κ1) is 19.3. The molecular formula is C22H18N4OS3. The second kappa shape index (κ2) is 8.22. The zero-order valence-electron chi connectivity index (χ0n) is 16.1. The van der Waals surface area contributed by atoms with E-state index in [1.165, 1.54) is 17.3 Å². The van der Waals surface area contributed by atoms with Crippen LogP contribution in [-0.4, -0.2) is 26.3 Å². The third-order valence-corrected chi connectivity index (χ3v) is 7.67. The number of carbonyl (C=O) groups is 1. The number of para-hydroxylation sites is 1. The molecule has 150 valence electrons. The Morgan fingerprint density at radius 1 is 1.10 bits per heavy atom. The number of aromatic nitrogens is 3. The molecule has 5 nitrogen and oxygen atoms in total. The van der Waals surface area contributed by atoms with Crippen LogP contribution in [0.2, 0.25) is 0 Å². The third kappa shape index (κ3) is 3.74. The minimum atomic E-state index is -0.154. The van der Waals surface area contributed by atoms with Crippen LogP contribution in [0.15, 0.2) is 71.2 Å². The maximum Gasteiger partial charge on any atom is 0.231 e. The van der Waals surface area contributed by atoms with E-state index in [4.69, 9.17) is 0 Å². The van der Waals surface area contributed by atoms with Crippen molar-refractivity contribution in [2.75, 3.05) is 5.75 Å². The Bertz CT molecular complexity index is 1310. The number of fused-ring (bicyclic) bond motifs is 3. The summed E-state index contributed by atoms with van der Waals surface area (Å²) in [5.74, 6) is 0.244. The molecule has 0 saturated heterocycles. The van der Waals surface area contributed by atoms with Crippen molar-refractivity contribution in [3.8, 4) is 0 Å². The summed E-state index contributed by atoms with van der Waals surface area (Å²) in [7, 11) is 0. The third-order valence-electron chi connectivity index (χ3n) is 4.79. The van der Waals surface area contributed by atoms with E-state index in [0.29, 0.717) is 0 Å². The summed E-state index contributed by atoms with van der Waals surface area (Å²) in [6.45, 7) is 2.06. The lowest BCUT2D eigenvalue weighted by atomic mass is 10.0. The highest BCUT2D eigenvalue weighted by molar-refractivity contribution is 7.99. The van der Waals surface area contributed by atoms with Crippen LogP contribution in [0.5, 0.6) is 0 Å². The van der Waals surface area contributed by atoms with Gasteiger partial charge < -0.3 is 5.32 Å². The van der Waals surface area contributed by atoms with Crippen LogP contribution in [0, 0.1) is 6.92 Å². The zero-order chi connectivity index (χ0) is 20.5. The SMILES string of the molecule is Cc1ccc(C(NC(=O)CSc2nnc3sc4ccccc4n23)c2cccs2)cc1. The highest BCUT2D eigenvalue weighted by Crippen LogP contribution is 2.30. The van der Waals surface area contributed by atoms with Crippen LogP contribution in [0.4, 0.5) is 0 Å². The lowest BCUT2D eigenvalue weighted by Gasteiger charge is -2.18. The first-order chi connectivity index (χ1) is 14.7. The van der Waals surface area contributed by atoms with Gasteiger partial charge in [-0.1, -0.05) is 71.1 Å². The number of hydrogen-bond acceptors (Lipinski definition) is 6. The number of hydrogen-bond donors (Lipinski definition) is 1. The monoisotopic (exact) mass is 450 g/mol. The molecule has 5 aromatic rings. The van der Waals surface area contributed by atoms with Crippen LogP contribution in [-0.2, 0) is 4.79 Å². The van der Waals surface area contributed by atoms with Gasteiger partial charge in [0.25, 0.3) is 0 Å². The van der Waals surface area contributed by atoms with E-state index in [0.717, 1.165) is 30.8 Å². The molecular weight excluding hydrogens is 432 g/mol. The van der Waals surface area contributed by atoms with E-state index in [1.54, 1.807) is 22.7 Å². The summed E-state index contributed by atoms with van der Waals surface area (Å²) in [4.78, 5) is 14.8. The second-order valence-electron chi connectivity index (χ2n) is 6.89. The molecule has 0 saturated carbocycles. The van der Waals surface area contributed by atoms with E-state index in [-0.39, 0.29) is 17.7 Å². The van der Waals surface area contributed by atoms with Crippen molar-refractivity contribution in [2.45, 2.75) is 18.1 Å². The molecule has 0 aliphatic rings. The average Bonchev–Trinajstić information content (AvgIpc) is 3.48. The molecule has 0 bridgehead atoms. The maximum atomic E-state index is 12.8. The minimum absolute atomic E-state index is 0.0322. The molecule has 0 aliphatic heterocycles. The summed E-state index contributed by atoms with van der Waals surface area (Å²) in [5, 5.41) is 14.5. The number of thiazole rings is 1. The van der Waals surface area contributed by atoms with Gasteiger partial charge in [-0.3, -0.25) is 9.20 Å². The molecule has 1 amide bonds. The summed E-state index contributed by atoms with van der Waals surface area (Å²) >= 11 is 4.66. The Labute approximate surface area is 185 Å². The van der Waals surface area contributed by atoms with E-state index >= 15 is 0 Å². The van der Waals surface area contributed by atoms with Gasteiger partial charge in [0, 0.05) is 4.88 Å². The molecule has 0 fully saturated rings. The lowest BCUT2D eigenvalue weighted by Crippen LogP contribution is -2.30. The predicted octanol–water partition coefficient (Wildman–Crippen LogP) is 5.31. The van der Waals surface area contributed by atoms with E-state index < -0.39 is 0 Å². The Morgan fingerprint density at radius 3 is 2.73 bits per heavy atom. The average molecular weight is 451 g/mol. The largest absolute Gasteiger partial charge is 0.344 e. The fourth-order valence-electron chi connectivity index (χ4n) is 3.31. The van der Waals surface area contributed by atoms with Crippen LogP contribution >= 0.6 is 34.4 Å². The first-order valence-corrected chi connectivity index (χ1v) is 12.1. The number of nitrogens with zero attached hydrogens (tertiary/aromatic N) is 3. The van der Waals surface area contributed by atoms with Crippen LogP contribution in [0.1, 0.15) is 22.0 Å². The second-order valence-corrected chi connectivity index (χ2v) is 9.82. The van der Waals surface area contributed by atoms with Crippen molar-refractivity contribution in [1.82, 2.24) is 19.9 Å². The molecule has 30 heavy (non-hydrogen) atoms. The normalized spacial score (nSPS) is 12.4. The fourth-order valence-corrected chi connectivity index (χ4v) is 5.90. The van der Waals surface area contributed by atoms with Crippen LogP contribution in [0.25, 0.3) is 15.2 Å². The number of thioether (sulfide) groups is 1. The number of aryl methyl sites for hydroxylation is 1. The summed E-state index contributed by atoms with van der Waals surface area (Å²) in [6, 6.07) is 20.4. The number of carbonyl (C=O) groups excluding carboxylic acids is 1. The fraction of sp³-hybridized carbons (Fsp3) is 0.136. The Morgan fingerprint density at radius 2 is 1.93 bits per heavy atom. The van der Waals surface area contributed by atoms with Crippen LogP contribution < -0.4 is 5.32 Å². The molecule has 3 heterocycles. The standard InChI is InChI=1S/C22H18N4OS3/c1-14-8-10-15(11-9-14)20(18-7-4-12-28-18)23-19(27)13-29-21-24-25-22-26(21)16-5-2-3-6-17(16)30-22/h2-12,20H,13H2,1H3,(H,23,27). The molecule has 0 aliphatic carbocycles. The van der Waals surface area contributed by atoms with Crippen molar-refractivity contribution >= 4 is 55.5 Å². The van der Waals surface area contributed by atoms with Crippen molar-refractivity contribution in [3.63, 3.8) is 0 Å². The molecule has 1 unspecified atom stereocenters. The van der Waals surface area contributed by atoms with Crippen molar-refractivity contribution < 1.29 is 4.79 Å². The van der Waals surface area contributed by atoms with Gasteiger partial charge >= 0.3 is 0 Å².